The third-order valence-electron chi connectivity index (χ3n) is 2.78. The van der Waals surface area contributed by atoms with Crippen LogP contribution in [-0.2, 0) is 4.79 Å². The number of carboxylic acid groups (broad SMARTS) is 1. The first-order valence-corrected chi connectivity index (χ1v) is 7.66. The van der Waals surface area contributed by atoms with Crippen LogP contribution in [0.4, 0.5) is 5.69 Å². The molecule has 1 aromatic heterocycles. The predicted molar refractivity (Wildman–Crippen MR) is 89.7 cm³/mol. The largest absolute Gasteiger partial charge is 1.00 e. The summed E-state index contributed by atoms with van der Waals surface area (Å²) in [7, 11) is 1.52. The van der Waals surface area contributed by atoms with Gasteiger partial charge in [0, 0.05) is 11.2 Å². The number of carboxylic acids is 1. The van der Waals surface area contributed by atoms with Crippen molar-refractivity contribution < 1.29 is 72.2 Å². The number of carbonyl (C=O) groups is 2. The predicted octanol–water partition coefficient (Wildman–Crippen LogP) is 0.289. The van der Waals surface area contributed by atoms with Crippen LogP contribution in [0.2, 0.25) is 5.02 Å². The van der Waals surface area contributed by atoms with Crippen molar-refractivity contribution in [2.45, 2.75) is 5.03 Å². The summed E-state index contributed by atoms with van der Waals surface area (Å²) in [6.45, 7) is 0.0142. The van der Waals surface area contributed by atoms with E-state index in [-0.39, 0.29) is 70.0 Å². The number of anilines is 1. The molecule has 2 rings (SSSR count). The molecular formula is C15H14ClKN2O4S. The number of hydrogen-bond acceptors (Lipinski definition) is 6. The van der Waals surface area contributed by atoms with Crippen LogP contribution in [0.25, 0.3) is 0 Å². The number of carbonyl (C=O) groups excluding carboxylic acids is 1. The Labute approximate surface area is 192 Å². The van der Waals surface area contributed by atoms with Gasteiger partial charge in [0.05, 0.1) is 24.9 Å². The van der Waals surface area contributed by atoms with Gasteiger partial charge in [-0.3, -0.25) is 4.79 Å². The van der Waals surface area contributed by atoms with Crippen molar-refractivity contribution in [2.75, 3.05) is 19.0 Å². The van der Waals surface area contributed by atoms with E-state index in [9.17, 15) is 9.59 Å². The molecule has 0 unspecified atom stereocenters. The zero-order valence-corrected chi connectivity index (χ0v) is 17.8. The molecule has 0 aliphatic carbocycles. The van der Waals surface area contributed by atoms with E-state index < -0.39 is 5.97 Å². The summed E-state index contributed by atoms with van der Waals surface area (Å²) in [5.41, 5.74) is 0.681. The van der Waals surface area contributed by atoms with E-state index in [4.69, 9.17) is 21.4 Å². The Hall–Kier alpha value is -0.614. The third kappa shape index (κ3) is 6.36. The molecule has 2 aromatic rings. The Morgan fingerprint density at radius 3 is 2.79 bits per heavy atom. The maximum Gasteiger partial charge on any atom is 1.00 e. The number of aromatic carboxylic acids is 1. The second-order valence-electron chi connectivity index (χ2n) is 4.36. The minimum Gasteiger partial charge on any atom is -1.00 e. The molecule has 0 aliphatic rings. The minimum atomic E-state index is -1.07. The van der Waals surface area contributed by atoms with Gasteiger partial charge >= 0.3 is 57.4 Å². The van der Waals surface area contributed by atoms with Crippen LogP contribution in [-0.4, -0.2) is 34.8 Å². The molecule has 0 radical (unpaired) electrons. The molecule has 1 heterocycles. The Bertz CT molecular complexity index is 751. The fraction of sp³-hybridized carbons (Fsp3) is 0.133. The van der Waals surface area contributed by atoms with E-state index in [2.05, 4.69) is 10.3 Å². The number of aromatic nitrogens is 1. The topological polar surface area (TPSA) is 88.5 Å². The second kappa shape index (κ2) is 10.4. The Kier molecular flexibility index (Phi) is 9.28. The number of nitrogens with one attached hydrogen (secondary N) is 1. The Morgan fingerprint density at radius 2 is 2.12 bits per heavy atom. The molecule has 0 amide bonds. The van der Waals surface area contributed by atoms with Crippen molar-refractivity contribution >= 4 is 40.1 Å². The van der Waals surface area contributed by atoms with Crippen LogP contribution in [0.5, 0.6) is 5.75 Å². The van der Waals surface area contributed by atoms with E-state index in [1.54, 1.807) is 18.2 Å². The Balaban J connectivity index is 0.00000288. The molecule has 0 aliphatic heterocycles. The van der Waals surface area contributed by atoms with Gasteiger partial charge in [-0.2, -0.15) is 0 Å². The number of rotatable bonds is 6. The van der Waals surface area contributed by atoms with E-state index in [1.165, 1.54) is 25.4 Å². The smallest absolute Gasteiger partial charge is 1.00 e. The zero-order chi connectivity index (χ0) is 16.8. The van der Waals surface area contributed by atoms with Crippen molar-refractivity contribution in [1.82, 2.24) is 4.98 Å². The van der Waals surface area contributed by atoms with E-state index in [1.807, 2.05) is 0 Å². The molecule has 2 N–H and O–H groups in total. The van der Waals surface area contributed by atoms with E-state index in [0.717, 1.165) is 11.8 Å². The Morgan fingerprint density at radius 1 is 1.38 bits per heavy atom. The summed E-state index contributed by atoms with van der Waals surface area (Å²) in [5.74, 6) is -0.498. The van der Waals surface area contributed by atoms with Gasteiger partial charge in [-0.15, -0.1) is 0 Å². The molecule has 0 fully saturated rings. The number of hydrogen-bond donors (Lipinski definition) is 2. The molecule has 0 bridgehead atoms. The van der Waals surface area contributed by atoms with Gasteiger partial charge < -0.3 is 16.6 Å². The number of pyridine rings is 1. The summed E-state index contributed by atoms with van der Waals surface area (Å²) in [6, 6.07) is 7.75. The monoisotopic (exact) mass is 392 g/mol. The van der Waals surface area contributed by atoms with Gasteiger partial charge in [0.2, 0.25) is 5.12 Å². The van der Waals surface area contributed by atoms with Gasteiger partial charge in [-0.1, -0.05) is 11.6 Å². The molecular weight excluding hydrogens is 379 g/mol. The van der Waals surface area contributed by atoms with Crippen molar-refractivity contribution in [1.29, 1.82) is 0 Å². The van der Waals surface area contributed by atoms with Gasteiger partial charge in [-0.05, 0) is 42.1 Å². The summed E-state index contributed by atoms with van der Waals surface area (Å²) in [6.07, 6.45) is 1.35. The standard InChI is InChI=1S/C15H13ClN2O4S.K.H/c1-22-12-3-2-10(16)7-11(12)18-8-14(19)23-13-6-9(15(20)21)4-5-17-13;;/h2-7,18H,8H2,1H3,(H,20,21);;/q;+1;-1. The third-order valence-corrected chi connectivity index (χ3v) is 3.82. The molecule has 24 heavy (non-hydrogen) atoms. The van der Waals surface area contributed by atoms with Crippen LogP contribution in [0.1, 0.15) is 11.8 Å². The number of nitrogens with zero attached hydrogens (tertiary/aromatic N) is 1. The van der Waals surface area contributed by atoms with Crippen LogP contribution >= 0.6 is 23.4 Å². The maximum absolute atomic E-state index is 12.0. The minimum absolute atomic E-state index is 0. The molecule has 9 heteroatoms. The van der Waals surface area contributed by atoms with E-state index in [0.29, 0.717) is 21.5 Å². The number of methoxy groups -OCH3 is 1. The average Bonchev–Trinajstić information content (AvgIpc) is 2.53. The summed E-state index contributed by atoms with van der Waals surface area (Å²) >= 11 is 6.78. The van der Waals surface area contributed by atoms with Gasteiger partial charge in [0.15, 0.2) is 0 Å². The van der Waals surface area contributed by atoms with Crippen LogP contribution in [0.15, 0.2) is 41.6 Å². The molecule has 0 saturated carbocycles. The number of ether oxygens (including phenoxy) is 1. The molecule has 0 atom stereocenters. The van der Waals surface area contributed by atoms with Crippen molar-refractivity contribution in [3.63, 3.8) is 0 Å². The normalized spacial score (nSPS) is 9.75. The molecule has 6 nitrogen and oxygen atoms in total. The van der Waals surface area contributed by atoms with Crippen LogP contribution in [0, 0.1) is 0 Å². The SMILES string of the molecule is COc1ccc(Cl)cc1NCC(=O)Sc1cc(C(=O)O)ccn1.[H-].[K+]. The quantitative estimate of drug-likeness (QED) is 0.539. The van der Waals surface area contributed by atoms with Crippen molar-refractivity contribution in [3.05, 3.63) is 47.1 Å². The summed E-state index contributed by atoms with van der Waals surface area (Å²) in [4.78, 5) is 26.9. The molecule has 122 valence electrons. The van der Waals surface area contributed by atoms with Gasteiger partial charge in [-0.25, -0.2) is 9.78 Å². The average molecular weight is 393 g/mol. The molecule has 1 aromatic carbocycles. The van der Waals surface area contributed by atoms with Crippen molar-refractivity contribution in [2.24, 2.45) is 0 Å². The first-order chi connectivity index (χ1) is 11.0. The van der Waals surface area contributed by atoms with Crippen molar-refractivity contribution in [3.8, 4) is 5.75 Å². The summed E-state index contributed by atoms with van der Waals surface area (Å²) < 4.78 is 5.18. The molecule has 0 spiro atoms. The first-order valence-electron chi connectivity index (χ1n) is 6.47. The molecule has 0 saturated heterocycles. The van der Waals surface area contributed by atoms with Gasteiger partial charge in [0.25, 0.3) is 0 Å². The number of benzene rings is 1. The fourth-order valence-corrected chi connectivity index (χ4v) is 2.59. The number of halogens is 1. The first kappa shape index (κ1) is 21.4. The van der Waals surface area contributed by atoms with Gasteiger partial charge in [0.1, 0.15) is 10.8 Å². The van der Waals surface area contributed by atoms with E-state index >= 15 is 0 Å². The van der Waals surface area contributed by atoms with Crippen LogP contribution < -0.4 is 61.4 Å². The number of thioether (sulfide) groups is 1. The fourth-order valence-electron chi connectivity index (χ4n) is 1.74. The zero-order valence-electron chi connectivity index (χ0n) is 14.1. The maximum atomic E-state index is 12.0. The summed E-state index contributed by atoms with van der Waals surface area (Å²) in [5, 5.41) is 12.5. The second-order valence-corrected chi connectivity index (χ2v) is 5.87. The van der Waals surface area contributed by atoms with Crippen LogP contribution in [0.3, 0.4) is 0 Å².